The molecule has 37 heavy (non-hydrogen) atoms. The Morgan fingerprint density at radius 1 is 0.919 bits per heavy atom. The molecule has 2 aromatic rings. The van der Waals surface area contributed by atoms with E-state index in [1.807, 2.05) is 32.0 Å². The summed E-state index contributed by atoms with van der Waals surface area (Å²) in [5, 5.41) is 0.691. The van der Waals surface area contributed by atoms with Crippen molar-refractivity contribution < 1.29 is 18.6 Å². The largest absolute Gasteiger partial charge is 0.489 e. The highest BCUT2D eigenvalue weighted by atomic mass is 16.5. The van der Waals surface area contributed by atoms with Gasteiger partial charge in [-0.25, -0.2) is 4.79 Å². The van der Waals surface area contributed by atoms with Crippen LogP contribution in [0.3, 0.4) is 0 Å². The normalized spacial score (nSPS) is 11.7. The maximum absolute atomic E-state index is 12.9. The third-order valence-electron chi connectivity index (χ3n) is 6.17. The van der Waals surface area contributed by atoms with Gasteiger partial charge < -0.3 is 18.6 Å². The molecular weight excluding hydrogens is 464 g/mol. The minimum Gasteiger partial charge on any atom is -0.489 e. The molecule has 0 aliphatic rings. The van der Waals surface area contributed by atoms with E-state index in [4.69, 9.17) is 18.6 Å². The molecule has 0 spiro atoms. The molecule has 0 bridgehead atoms. The van der Waals surface area contributed by atoms with Crippen LogP contribution in [0.25, 0.3) is 11.0 Å². The Kier molecular flexibility index (Phi) is 14.0. The summed E-state index contributed by atoms with van der Waals surface area (Å²) in [4.78, 5) is 12.9. The number of para-hydroxylation sites is 1. The van der Waals surface area contributed by atoms with E-state index in [2.05, 4.69) is 39.8 Å². The number of unbranched alkanes of at least 4 members (excludes halogenated alkanes) is 7. The van der Waals surface area contributed by atoms with E-state index in [0.717, 1.165) is 25.7 Å². The number of hydrogen-bond donors (Lipinski definition) is 0. The molecule has 206 valence electrons. The number of benzene rings is 1. The van der Waals surface area contributed by atoms with Gasteiger partial charge in [0.25, 0.3) is 0 Å². The zero-order valence-corrected chi connectivity index (χ0v) is 24.0. The summed E-state index contributed by atoms with van der Waals surface area (Å²) in [5.41, 5.74) is 2.44. The zero-order chi connectivity index (χ0) is 27.0. The van der Waals surface area contributed by atoms with Crippen LogP contribution in [0.2, 0.25) is 0 Å². The average Bonchev–Trinajstić information content (AvgIpc) is 2.84. The molecule has 5 heteroatoms. The van der Waals surface area contributed by atoms with Crippen molar-refractivity contribution in [1.29, 1.82) is 0 Å². The van der Waals surface area contributed by atoms with Crippen LogP contribution in [0.15, 0.2) is 50.7 Å². The van der Waals surface area contributed by atoms with Crippen molar-refractivity contribution in [1.82, 2.24) is 0 Å². The fourth-order valence-electron chi connectivity index (χ4n) is 4.12. The van der Waals surface area contributed by atoms with Gasteiger partial charge in [-0.1, -0.05) is 75.2 Å². The molecule has 0 fully saturated rings. The number of fused-ring (bicyclic) bond motifs is 1. The average molecular weight is 513 g/mol. The van der Waals surface area contributed by atoms with Crippen molar-refractivity contribution in [3.05, 3.63) is 51.9 Å². The first-order chi connectivity index (χ1) is 17.8. The van der Waals surface area contributed by atoms with Crippen molar-refractivity contribution in [2.75, 3.05) is 13.2 Å². The molecule has 0 radical (unpaired) electrons. The van der Waals surface area contributed by atoms with Crippen molar-refractivity contribution in [2.45, 2.75) is 112 Å². The van der Waals surface area contributed by atoms with Gasteiger partial charge in [-0.15, -0.1) is 0 Å². The van der Waals surface area contributed by atoms with E-state index in [0.29, 0.717) is 35.7 Å². The van der Waals surface area contributed by atoms with Gasteiger partial charge in [0.15, 0.2) is 17.1 Å². The standard InChI is InChI=1S/C32H48O5/c1-7-8-9-10-11-12-13-14-22-35-30-27-19-16-20-28(29(27)37-32(33)31(30)36-25(4)5)34-23-21-26(6)18-15-17-24(2)3/h16-17,19-21,25H,7-15,18,22-23H2,1-6H3. The topological polar surface area (TPSA) is 57.9 Å². The first-order valence-electron chi connectivity index (χ1n) is 14.1. The molecule has 0 amide bonds. The fourth-order valence-corrected chi connectivity index (χ4v) is 4.12. The Labute approximate surface area is 223 Å². The predicted octanol–water partition coefficient (Wildman–Crippen LogP) is 9.17. The lowest BCUT2D eigenvalue weighted by Crippen LogP contribution is -2.15. The first kappa shape index (κ1) is 30.5. The van der Waals surface area contributed by atoms with E-state index in [1.54, 1.807) is 0 Å². The second-order valence-electron chi connectivity index (χ2n) is 10.4. The van der Waals surface area contributed by atoms with Gasteiger partial charge in [0.2, 0.25) is 5.75 Å². The maximum Gasteiger partial charge on any atom is 0.383 e. The molecule has 0 N–H and O–H groups in total. The number of ether oxygens (including phenoxy) is 3. The quantitative estimate of drug-likeness (QED) is 0.113. The first-order valence-corrected chi connectivity index (χ1v) is 14.1. The Morgan fingerprint density at radius 3 is 2.30 bits per heavy atom. The minimum atomic E-state index is -0.545. The van der Waals surface area contributed by atoms with Crippen LogP contribution in [-0.2, 0) is 0 Å². The summed E-state index contributed by atoms with van der Waals surface area (Å²) in [6.45, 7) is 13.3. The smallest absolute Gasteiger partial charge is 0.383 e. The lowest BCUT2D eigenvalue weighted by atomic mass is 10.1. The summed E-state index contributed by atoms with van der Waals surface area (Å²) >= 11 is 0. The second-order valence-corrected chi connectivity index (χ2v) is 10.4. The highest BCUT2D eigenvalue weighted by molar-refractivity contribution is 5.89. The van der Waals surface area contributed by atoms with E-state index in [-0.39, 0.29) is 11.9 Å². The van der Waals surface area contributed by atoms with Gasteiger partial charge in [0.05, 0.1) is 18.1 Å². The molecule has 0 saturated heterocycles. The van der Waals surface area contributed by atoms with Crippen molar-refractivity contribution in [3.8, 4) is 17.2 Å². The molecule has 5 nitrogen and oxygen atoms in total. The van der Waals surface area contributed by atoms with Crippen LogP contribution in [0, 0.1) is 0 Å². The molecule has 1 aromatic heterocycles. The molecule has 0 aliphatic carbocycles. The lowest BCUT2D eigenvalue weighted by molar-refractivity contribution is 0.210. The van der Waals surface area contributed by atoms with Gasteiger partial charge in [0.1, 0.15) is 6.61 Å². The number of hydrogen-bond acceptors (Lipinski definition) is 5. The van der Waals surface area contributed by atoms with Crippen molar-refractivity contribution >= 4 is 11.0 Å². The predicted molar refractivity (Wildman–Crippen MR) is 154 cm³/mol. The zero-order valence-electron chi connectivity index (χ0n) is 24.0. The molecular formula is C32H48O5. The maximum atomic E-state index is 12.9. The Hall–Kier alpha value is -2.69. The SMILES string of the molecule is CCCCCCCCCCOc1c(OC(C)C)c(=O)oc2c(OCC=C(C)CCC=C(C)C)cccc12. The highest BCUT2D eigenvalue weighted by Crippen LogP contribution is 2.37. The van der Waals surface area contributed by atoms with Gasteiger partial charge >= 0.3 is 5.63 Å². The Bertz CT molecular complexity index is 1060. The minimum absolute atomic E-state index is 0.134. The fraction of sp³-hybridized carbons (Fsp3) is 0.594. The summed E-state index contributed by atoms with van der Waals surface area (Å²) in [6, 6.07) is 5.61. The Morgan fingerprint density at radius 2 is 1.62 bits per heavy atom. The van der Waals surface area contributed by atoms with E-state index in [9.17, 15) is 4.79 Å². The molecule has 0 saturated carbocycles. The van der Waals surface area contributed by atoms with Gasteiger partial charge in [-0.05, 0) is 72.1 Å². The third kappa shape index (κ3) is 11.1. The molecule has 0 aliphatic heterocycles. The highest BCUT2D eigenvalue weighted by Gasteiger charge is 2.21. The van der Waals surface area contributed by atoms with Gasteiger partial charge in [-0.2, -0.15) is 0 Å². The molecule has 2 rings (SSSR count). The van der Waals surface area contributed by atoms with Crippen LogP contribution in [0.5, 0.6) is 17.2 Å². The summed E-state index contributed by atoms with van der Waals surface area (Å²) < 4.78 is 23.7. The summed E-state index contributed by atoms with van der Waals surface area (Å²) in [6.07, 6.45) is 15.9. The lowest BCUT2D eigenvalue weighted by Gasteiger charge is -2.16. The monoisotopic (exact) mass is 512 g/mol. The molecule has 1 aromatic carbocycles. The van der Waals surface area contributed by atoms with E-state index >= 15 is 0 Å². The van der Waals surface area contributed by atoms with E-state index in [1.165, 1.54) is 49.7 Å². The van der Waals surface area contributed by atoms with Crippen molar-refractivity contribution in [3.63, 3.8) is 0 Å². The third-order valence-corrected chi connectivity index (χ3v) is 6.17. The van der Waals surface area contributed by atoms with Crippen LogP contribution in [-0.4, -0.2) is 19.3 Å². The Balaban J connectivity index is 2.12. The second kappa shape index (κ2) is 16.9. The van der Waals surface area contributed by atoms with Gasteiger partial charge in [-0.3, -0.25) is 0 Å². The van der Waals surface area contributed by atoms with Crippen LogP contribution >= 0.6 is 0 Å². The van der Waals surface area contributed by atoms with Gasteiger partial charge in [0, 0.05) is 0 Å². The molecule has 0 atom stereocenters. The molecule has 0 unspecified atom stereocenters. The van der Waals surface area contributed by atoms with E-state index < -0.39 is 5.63 Å². The number of allylic oxidation sites excluding steroid dienone is 3. The van der Waals surface area contributed by atoms with Crippen LogP contribution in [0.4, 0.5) is 0 Å². The van der Waals surface area contributed by atoms with Crippen LogP contribution < -0.4 is 19.8 Å². The number of rotatable bonds is 18. The van der Waals surface area contributed by atoms with Crippen molar-refractivity contribution in [2.24, 2.45) is 0 Å². The summed E-state index contributed by atoms with van der Waals surface area (Å²) in [7, 11) is 0. The van der Waals surface area contributed by atoms with Crippen LogP contribution in [0.1, 0.15) is 106 Å². The molecule has 1 heterocycles. The summed E-state index contributed by atoms with van der Waals surface area (Å²) in [5.74, 6) is 1.10.